The molecule has 0 aliphatic carbocycles. The molecule has 0 saturated carbocycles. The molecule has 1 aromatic rings. The van der Waals surface area contributed by atoms with Crippen molar-refractivity contribution in [1.29, 1.82) is 0 Å². The van der Waals surface area contributed by atoms with Crippen molar-refractivity contribution < 1.29 is 4.74 Å². The second kappa shape index (κ2) is 3.46. The Bertz CT molecular complexity index is 325. The van der Waals surface area contributed by atoms with Crippen molar-refractivity contribution in [2.45, 2.75) is 12.8 Å². The van der Waals surface area contributed by atoms with Crippen LogP contribution >= 0.6 is 11.6 Å². The molecular formula is C10H12ClNO. The van der Waals surface area contributed by atoms with Crippen LogP contribution in [0.15, 0.2) is 12.1 Å². The minimum absolute atomic E-state index is 0.836. The van der Waals surface area contributed by atoms with Gasteiger partial charge in [0, 0.05) is 11.6 Å². The number of nitrogens with one attached hydrogen (secondary N) is 1. The molecule has 13 heavy (non-hydrogen) atoms. The van der Waals surface area contributed by atoms with Crippen LogP contribution in [-0.2, 0) is 6.42 Å². The summed E-state index contributed by atoms with van der Waals surface area (Å²) in [6.45, 7) is 1.00. The van der Waals surface area contributed by atoms with Gasteiger partial charge in [-0.05, 0) is 30.5 Å². The lowest BCUT2D eigenvalue weighted by molar-refractivity contribution is 0.415. The number of hydrogen-bond acceptors (Lipinski definition) is 2. The van der Waals surface area contributed by atoms with Crippen LogP contribution in [0, 0.1) is 0 Å². The highest BCUT2D eigenvalue weighted by atomic mass is 35.5. The zero-order valence-corrected chi connectivity index (χ0v) is 8.32. The summed E-state index contributed by atoms with van der Waals surface area (Å²) >= 11 is 6.08. The fraction of sp³-hybridized carbons (Fsp3) is 0.400. The number of fused-ring (bicyclic) bond motifs is 1. The smallest absolute Gasteiger partial charge is 0.142 e. The molecule has 0 spiro atoms. The van der Waals surface area contributed by atoms with E-state index in [4.69, 9.17) is 16.3 Å². The predicted molar refractivity (Wildman–Crippen MR) is 54.8 cm³/mol. The van der Waals surface area contributed by atoms with Gasteiger partial charge in [0.1, 0.15) is 5.75 Å². The fourth-order valence-corrected chi connectivity index (χ4v) is 1.94. The van der Waals surface area contributed by atoms with Crippen molar-refractivity contribution in [1.82, 2.24) is 0 Å². The Morgan fingerprint density at radius 3 is 3.08 bits per heavy atom. The van der Waals surface area contributed by atoms with Gasteiger partial charge in [-0.15, -0.1) is 0 Å². The summed E-state index contributed by atoms with van der Waals surface area (Å²) in [7, 11) is 1.68. The van der Waals surface area contributed by atoms with Crippen LogP contribution in [0.1, 0.15) is 12.0 Å². The highest BCUT2D eigenvalue weighted by Gasteiger charge is 2.15. The van der Waals surface area contributed by atoms with E-state index in [-0.39, 0.29) is 0 Å². The number of hydrogen-bond donors (Lipinski definition) is 1. The first-order chi connectivity index (χ1) is 6.33. The third-order valence-electron chi connectivity index (χ3n) is 2.34. The molecule has 70 valence electrons. The summed E-state index contributed by atoms with van der Waals surface area (Å²) in [5.74, 6) is 0.888. The SMILES string of the molecule is COc1ccc(Cl)c2c1NCCC2. The zero-order valence-electron chi connectivity index (χ0n) is 7.56. The van der Waals surface area contributed by atoms with Gasteiger partial charge < -0.3 is 10.1 Å². The second-order valence-electron chi connectivity index (χ2n) is 3.13. The van der Waals surface area contributed by atoms with Crippen LogP contribution in [0.4, 0.5) is 5.69 Å². The third kappa shape index (κ3) is 1.46. The minimum atomic E-state index is 0.836. The van der Waals surface area contributed by atoms with Gasteiger partial charge in [-0.3, -0.25) is 0 Å². The van der Waals surface area contributed by atoms with Crippen molar-refractivity contribution in [3.05, 3.63) is 22.7 Å². The standard InChI is InChI=1S/C10H12ClNO/c1-13-9-5-4-8(11)7-3-2-6-12-10(7)9/h4-5,12H,2-3,6H2,1H3. The monoisotopic (exact) mass is 197 g/mol. The molecule has 2 rings (SSSR count). The molecule has 1 heterocycles. The van der Waals surface area contributed by atoms with Crippen molar-refractivity contribution in [2.24, 2.45) is 0 Å². The molecule has 0 aromatic heterocycles. The molecule has 1 aliphatic rings. The first-order valence-corrected chi connectivity index (χ1v) is 4.80. The summed E-state index contributed by atoms with van der Waals surface area (Å²) in [4.78, 5) is 0. The van der Waals surface area contributed by atoms with Gasteiger partial charge in [-0.2, -0.15) is 0 Å². The first kappa shape index (κ1) is 8.70. The highest BCUT2D eigenvalue weighted by Crippen LogP contribution is 2.36. The lowest BCUT2D eigenvalue weighted by Gasteiger charge is -2.21. The topological polar surface area (TPSA) is 21.3 Å². The summed E-state index contributed by atoms with van der Waals surface area (Å²) in [6.07, 6.45) is 2.18. The normalized spacial score (nSPS) is 14.6. The van der Waals surface area contributed by atoms with Gasteiger partial charge in [-0.1, -0.05) is 11.6 Å². The van der Waals surface area contributed by atoms with E-state index in [0.717, 1.165) is 35.8 Å². The summed E-state index contributed by atoms with van der Waals surface area (Å²) in [5.41, 5.74) is 2.26. The van der Waals surface area contributed by atoms with Gasteiger partial charge in [0.25, 0.3) is 0 Å². The van der Waals surface area contributed by atoms with E-state index in [1.54, 1.807) is 7.11 Å². The van der Waals surface area contributed by atoms with Crippen LogP contribution in [0.5, 0.6) is 5.75 Å². The number of ether oxygens (including phenoxy) is 1. The summed E-state index contributed by atoms with van der Waals surface area (Å²) in [5, 5.41) is 4.15. The minimum Gasteiger partial charge on any atom is -0.495 e. The average molecular weight is 198 g/mol. The molecule has 2 nitrogen and oxygen atoms in total. The predicted octanol–water partition coefficient (Wildman–Crippen LogP) is 2.71. The molecule has 3 heteroatoms. The van der Waals surface area contributed by atoms with Gasteiger partial charge in [0.05, 0.1) is 12.8 Å². The number of halogens is 1. The molecular weight excluding hydrogens is 186 g/mol. The quantitative estimate of drug-likeness (QED) is 0.748. The van der Waals surface area contributed by atoms with Gasteiger partial charge >= 0.3 is 0 Å². The van der Waals surface area contributed by atoms with E-state index in [0.29, 0.717) is 0 Å². The largest absolute Gasteiger partial charge is 0.495 e. The van der Waals surface area contributed by atoms with E-state index in [1.807, 2.05) is 12.1 Å². The van der Waals surface area contributed by atoms with E-state index < -0.39 is 0 Å². The Balaban J connectivity index is 2.52. The van der Waals surface area contributed by atoms with E-state index in [1.165, 1.54) is 5.56 Å². The number of methoxy groups -OCH3 is 1. The van der Waals surface area contributed by atoms with E-state index in [9.17, 15) is 0 Å². The van der Waals surface area contributed by atoms with Crippen molar-refractivity contribution in [3.8, 4) is 5.75 Å². The maximum atomic E-state index is 6.08. The lowest BCUT2D eigenvalue weighted by atomic mass is 10.0. The highest BCUT2D eigenvalue weighted by molar-refractivity contribution is 6.31. The molecule has 1 aliphatic heterocycles. The molecule has 0 fully saturated rings. The first-order valence-electron chi connectivity index (χ1n) is 4.42. The Morgan fingerprint density at radius 2 is 2.31 bits per heavy atom. The molecule has 0 unspecified atom stereocenters. The van der Waals surface area contributed by atoms with Crippen LogP contribution in [0.2, 0.25) is 5.02 Å². The fourth-order valence-electron chi connectivity index (χ4n) is 1.69. The summed E-state index contributed by atoms with van der Waals surface area (Å²) < 4.78 is 5.25. The van der Waals surface area contributed by atoms with Crippen molar-refractivity contribution >= 4 is 17.3 Å². The maximum Gasteiger partial charge on any atom is 0.142 e. The lowest BCUT2D eigenvalue weighted by Crippen LogP contribution is -2.13. The summed E-state index contributed by atoms with van der Waals surface area (Å²) in [6, 6.07) is 3.80. The van der Waals surface area contributed by atoms with E-state index in [2.05, 4.69) is 5.32 Å². The molecule has 0 radical (unpaired) electrons. The molecule has 0 saturated heterocycles. The Morgan fingerprint density at radius 1 is 1.46 bits per heavy atom. The average Bonchev–Trinajstić information content (AvgIpc) is 2.19. The van der Waals surface area contributed by atoms with Crippen LogP contribution < -0.4 is 10.1 Å². The molecule has 1 N–H and O–H groups in total. The molecule has 0 bridgehead atoms. The van der Waals surface area contributed by atoms with E-state index >= 15 is 0 Å². The third-order valence-corrected chi connectivity index (χ3v) is 2.70. The van der Waals surface area contributed by atoms with Crippen molar-refractivity contribution in [3.63, 3.8) is 0 Å². The maximum absolute atomic E-state index is 6.08. The van der Waals surface area contributed by atoms with Gasteiger partial charge in [0.15, 0.2) is 0 Å². The van der Waals surface area contributed by atoms with Crippen molar-refractivity contribution in [2.75, 3.05) is 19.0 Å². The molecule has 1 aromatic carbocycles. The number of benzene rings is 1. The zero-order chi connectivity index (χ0) is 9.26. The van der Waals surface area contributed by atoms with Crippen LogP contribution in [0.25, 0.3) is 0 Å². The number of anilines is 1. The molecule has 0 amide bonds. The Labute approximate surface area is 82.9 Å². The van der Waals surface area contributed by atoms with Gasteiger partial charge in [-0.25, -0.2) is 0 Å². The second-order valence-corrected chi connectivity index (χ2v) is 3.54. The molecule has 0 atom stereocenters. The Kier molecular flexibility index (Phi) is 2.32. The van der Waals surface area contributed by atoms with Crippen LogP contribution in [0.3, 0.4) is 0 Å². The van der Waals surface area contributed by atoms with Gasteiger partial charge in [0.2, 0.25) is 0 Å². The Hall–Kier alpha value is -0.890. The van der Waals surface area contributed by atoms with Crippen LogP contribution in [-0.4, -0.2) is 13.7 Å². The number of rotatable bonds is 1.